The van der Waals surface area contributed by atoms with Crippen molar-refractivity contribution in [2.45, 2.75) is 13.8 Å². The zero-order valence-corrected chi connectivity index (χ0v) is 8.13. The minimum atomic E-state index is -0.422. The van der Waals surface area contributed by atoms with Gasteiger partial charge in [-0.25, -0.2) is 0 Å². The number of benzene rings is 1. The topological polar surface area (TPSA) is 43.1 Å². The molecule has 0 aliphatic heterocycles. The molecule has 0 N–H and O–H groups in total. The van der Waals surface area contributed by atoms with E-state index in [1.165, 1.54) is 6.07 Å². The maximum atomic E-state index is 10.6. The van der Waals surface area contributed by atoms with Crippen molar-refractivity contribution in [3.63, 3.8) is 0 Å². The molecule has 1 aromatic carbocycles. The summed E-state index contributed by atoms with van der Waals surface area (Å²) in [5.74, 6) is 0.845. The molecule has 1 radical (unpaired) electrons. The first kappa shape index (κ1) is 9.99. The highest BCUT2D eigenvalue weighted by molar-refractivity contribution is 6.32. The molecule has 69 valence electrons. The van der Waals surface area contributed by atoms with E-state index in [-0.39, 0.29) is 5.69 Å². The molecule has 4 heteroatoms. The summed E-state index contributed by atoms with van der Waals surface area (Å²) in [6.07, 6.45) is 0. The molecule has 0 amide bonds. The second-order valence-electron chi connectivity index (χ2n) is 2.89. The SMILES string of the molecule is C[C](C)c1c(Cl)cccc1[N+](=O)[O-]. The third-order valence-corrected chi connectivity index (χ3v) is 2.00. The van der Waals surface area contributed by atoms with Gasteiger partial charge >= 0.3 is 0 Å². The number of nitrogens with zero attached hydrogens (tertiary/aromatic N) is 1. The van der Waals surface area contributed by atoms with Crippen molar-refractivity contribution in [3.8, 4) is 0 Å². The van der Waals surface area contributed by atoms with Crippen LogP contribution in [0.25, 0.3) is 0 Å². The van der Waals surface area contributed by atoms with Gasteiger partial charge < -0.3 is 0 Å². The molecule has 0 spiro atoms. The van der Waals surface area contributed by atoms with Crippen molar-refractivity contribution in [3.05, 3.63) is 44.8 Å². The Balaban J connectivity index is 3.34. The summed E-state index contributed by atoms with van der Waals surface area (Å²) in [7, 11) is 0. The van der Waals surface area contributed by atoms with Gasteiger partial charge in [-0.3, -0.25) is 10.1 Å². The van der Waals surface area contributed by atoms with Crippen molar-refractivity contribution < 1.29 is 4.92 Å². The molecule has 0 atom stereocenters. The molecule has 13 heavy (non-hydrogen) atoms. The predicted octanol–water partition coefficient (Wildman–Crippen LogP) is 3.21. The summed E-state index contributed by atoms with van der Waals surface area (Å²) >= 11 is 5.84. The highest BCUT2D eigenvalue weighted by atomic mass is 35.5. The van der Waals surface area contributed by atoms with Crippen LogP contribution in [0.2, 0.25) is 5.02 Å². The molecule has 0 unspecified atom stereocenters. The molecule has 0 saturated heterocycles. The van der Waals surface area contributed by atoms with Crippen molar-refractivity contribution in [2.24, 2.45) is 0 Å². The number of rotatable bonds is 2. The van der Waals surface area contributed by atoms with Crippen LogP contribution in [0.3, 0.4) is 0 Å². The van der Waals surface area contributed by atoms with Crippen LogP contribution in [0.1, 0.15) is 19.4 Å². The summed E-state index contributed by atoms with van der Waals surface area (Å²) in [6, 6.07) is 4.68. The third kappa shape index (κ3) is 1.98. The van der Waals surface area contributed by atoms with Gasteiger partial charge in [-0.2, -0.15) is 0 Å². The molecule has 3 nitrogen and oxygen atoms in total. The van der Waals surface area contributed by atoms with Crippen LogP contribution >= 0.6 is 11.6 Å². The Morgan fingerprint density at radius 3 is 2.46 bits per heavy atom. The average Bonchev–Trinajstić information content (AvgIpc) is 2.02. The lowest BCUT2D eigenvalue weighted by Crippen LogP contribution is -1.98. The van der Waals surface area contributed by atoms with Crippen LogP contribution in [0.5, 0.6) is 0 Å². The summed E-state index contributed by atoms with van der Waals surface area (Å²) in [4.78, 5) is 10.2. The van der Waals surface area contributed by atoms with Crippen LogP contribution in [-0.2, 0) is 0 Å². The first-order chi connectivity index (χ1) is 6.04. The minimum Gasteiger partial charge on any atom is -0.258 e. The van der Waals surface area contributed by atoms with E-state index in [1.807, 2.05) is 0 Å². The highest BCUT2D eigenvalue weighted by Gasteiger charge is 2.18. The van der Waals surface area contributed by atoms with Gasteiger partial charge in [0.15, 0.2) is 0 Å². The Hall–Kier alpha value is -1.09. The largest absolute Gasteiger partial charge is 0.274 e. The second kappa shape index (κ2) is 3.75. The number of hydrogen-bond acceptors (Lipinski definition) is 2. The van der Waals surface area contributed by atoms with E-state index in [1.54, 1.807) is 26.0 Å². The molecular formula is C9H9ClNO2. The van der Waals surface area contributed by atoms with Gasteiger partial charge in [0.25, 0.3) is 5.69 Å². The van der Waals surface area contributed by atoms with Gasteiger partial charge in [0, 0.05) is 12.0 Å². The summed E-state index contributed by atoms with van der Waals surface area (Å²) in [5.41, 5.74) is 0.585. The van der Waals surface area contributed by atoms with E-state index in [0.717, 1.165) is 5.92 Å². The van der Waals surface area contributed by atoms with Gasteiger partial charge in [-0.1, -0.05) is 31.5 Å². The van der Waals surface area contributed by atoms with Crippen molar-refractivity contribution in [1.29, 1.82) is 0 Å². The van der Waals surface area contributed by atoms with E-state index < -0.39 is 4.92 Å². The van der Waals surface area contributed by atoms with Crippen molar-refractivity contribution in [1.82, 2.24) is 0 Å². The summed E-state index contributed by atoms with van der Waals surface area (Å²) in [6.45, 7) is 3.60. The quantitative estimate of drug-likeness (QED) is 0.541. The molecule has 0 fully saturated rings. The standard InChI is InChI=1S/C9H9ClNO2/c1-6(2)9-7(10)4-3-5-8(9)11(12)13/h3-5H,1-2H3. The van der Waals surface area contributed by atoms with E-state index in [0.29, 0.717) is 10.6 Å². The van der Waals surface area contributed by atoms with E-state index in [4.69, 9.17) is 11.6 Å². The summed E-state index contributed by atoms with van der Waals surface area (Å²) < 4.78 is 0. The van der Waals surface area contributed by atoms with Gasteiger partial charge in [-0.05, 0) is 6.07 Å². The van der Waals surface area contributed by atoms with Crippen LogP contribution in [-0.4, -0.2) is 4.92 Å². The van der Waals surface area contributed by atoms with Crippen LogP contribution in [0.4, 0.5) is 5.69 Å². The Kier molecular flexibility index (Phi) is 2.88. The molecule has 0 bridgehead atoms. The maximum Gasteiger partial charge on any atom is 0.274 e. The molecule has 0 aliphatic rings. The summed E-state index contributed by atoms with van der Waals surface area (Å²) in [5, 5.41) is 11.0. The third-order valence-electron chi connectivity index (χ3n) is 1.69. The maximum absolute atomic E-state index is 10.6. The normalized spacial score (nSPS) is 10.5. The van der Waals surface area contributed by atoms with Gasteiger partial charge in [-0.15, -0.1) is 0 Å². The molecule has 1 aromatic rings. The second-order valence-corrected chi connectivity index (χ2v) is 3.30. The monoisotopic (exact) mass is 198 g/mol. The van der Waals surface area contributed by atoms with Crippen LogP contribution < -0.4 is 0 Å². The molecule has 0 aromatic heterocycles. The number of nitro groups is 1. The fraction of sp³-hybridized carbons (Fsp3) is 0.222. The van der Waals surface area contributed by atoms with Crippen molar-refractivity contribution in [2.75, 3.05) is 0 Å². The first-order valence-corrected chi connectivity index (χ1v) is 4.15. The number of nitro benzene ring substituents is 1. The van der Waals surface area contributed by atoms with Crippen molar-refractivity contribution >= 4 is 17.3 Å². The lowest BCUT2D eigenvalue weighted by atomic mass is 10.0. The van der Waals surface area contributed by atoms with Crippen LogP contribution in [0, 0.1) is 16.0 Å². The van der Waals surface area contributed by atoms with E-state index in [2.05, 4.69) is 0 Å². The fourth-order valence-corrected chi connectivity index (χ4v) is 1.52. The van der Waals surface area contributed by atoms with Gasteiger partial charge in [0.05, 0.1) is 15.5 Å². The number of hydrogen-bond donors (Lipinski definition) is 0. The Labute approximate surface area is 81.5 Å². The number of halogens is 1. The van der Waals surface area contributed by atoms with Gasteiger partial charge in [0.2, 0.25) is 0 Å². The molecule has 0 saturated carbocycles. The lowest BCUT2D eigenvalue weighted by molar-refractivity contribution is -0.385. The Morgan fingerprint density at radius 1 is 1.46 bits per heavy atom. The smallest absolute Gasteiger partial charge is 0.258 e. The molecule has 0 aliphatic carbocycles. The predicted molar refractivity (Wildman–Crippen MR) is 51.8 cm³/mol. The average molecular weight is 199 g/mol. The first-order valence-electron chi connectivity index (χ1n) is 3.77. The Morgan fingerprint density at radius 2 is 2.08 bits per heavy atom. The molecular weight excluding hydrogens is 190 g/mol. The fourth-order valence-electron chi connectivity index (χ4n) is 1.16. The van der Waals surface area contributed by atoms with Gasteiger partial charge in [0.1, 0.15) is 0 Å². The Bertz CT molecular complexity index is 336. The molecule has 1 rings (SSSR count). The van der Waals surface area contributed by atoms with Crippen LogP contribution in [0.15, 0.2) is 18.2 Å². The van der Waals surface area contributed by atoms with E-state index in [9.17, 15) is 10.1 Å². The minimum absolute atomic E-state index is 0.0625. The highest BCUT2D eigenvalue weighted by Crippen LogP contribution is 2.31. The zero-order valence-electron chi connectivity index (χ0n) is 7.37. The van der Waals surface area contributed by atoms with E-state index >= 15 is 0 Å². The zero-order chi connectivity index (χ0) is 10.0. The lowest BCUT2D eigenvalue weighted by Gasteiger charge is -2.07. The molecule has 0 heterocycles.